The summed E-state index contributed by atoms with van der Waals surface area (Å²) in [6.45, 7) is 7.78. The number of hydrazine groups is 1. The molecule has 24 heavy (non-hydrogen) atoms. The van der Waals surface area contributed by atoms with E-state index in [-0.39, 0.29) is 0 Å². The van der Waals surface area contributed by atoms with Gasteiger partial charge in [-0.05, 0) is 67.2 Å². The summed E-state index contributed by atoms with van der Waals surface area (Å²) in [5.74, 6) is 7.44. The van der Waals surface area contributed by atoms with E-state index < -0.39 is 0 Å². The second kappa shape index (κ2) is 7.51. The van der Waals surface area contributed by atoms with Crippen LogP contribution in [-0.4, -0.2) is 23.0 Å². The van der Waals surface area contributed by atoms with Gasteiger partial charge in [0.15, 0.2) is 0 Å². The van der Waals surface area contributed by atoms with Crippen LogP contribution in [0.4, 0.5) is 11.5 Å². The second-order valence-electron chi connectivity index (χ2n) is 6.73. The van der Waals surface area contributed by atoms with Crippen molar-refractivity contribution in [3.8, 4) is 0 Å². The molecule has 2 heterocycles. The molecule has 0 aliphatic carbocycles. The number of hydrogen-bond acceptors (Lipinski definition) is 4. The van der Waals surface area contributed by atoms with Crippen LogP contribution in [0, 0.1) is 0 Å². The number of nitrogens with zero attached hydrogens (tertiary/aromatic N) is 3. The minimum Gasteiger partial charge on any atom is -0.299 e. The summed E-state index contributed by atoms with van der Waals surface area (Å²) in [5, 5.41) is 2.26. The van der Waals surface area contributed by atoms with Gasteiger partial charge >= 0.3 is 0 Å². The molecule has 1 aromatic carbocycles. The molecule has 2 aromatic rings. The summed E-state index contributed by atoms with van der Waals surface area (Å²) < 4.78 is 0. The Balaban J connectivity index is 1.87. The zero-order chi connectivity index (χ0) is 17.1. The van der Waals surface area contributed by atoms with Gasteiger partial charge in [0.25, 0.3) is 0 Å². The molecule has 0 bridgehead atoms. The van der Waals surface area contributed by atoms with Crippen LogP contribution in [-0.2, 0) is 6.54 Å². The lowest BCUT2D eigenvalue weighted by Crippen LogP contribution is -2.26. The molecule has 1 aliphatic heterocycles. The van der Waals surface area contributed by atoms with E-state index in [0.29, 0.717) is 10.9 Å². The summed E-state index contributed by atoms with van der Waals surface area (Å²) in [6.07, 6.45) is 4.58. The fraction of sp³-hybridized carbons (Fsp3) is 0.421. The predicted octanol–water partition coefficient (Wildman–Crippen LogP) is 4.47. The molecular weight excluding hydrogens is 320 g/mol. The number of halogens is 1. The van der Waals surface area contributed by atoms with Gasteiger partial charge in [-0.25, -0.2) is 10.8 Å². The average molecular weight is 345 g/mol. The Hall–Kier alpha value is -1.62. The minimum atomic E-state index is 0.428. The zero-order valence-electron chi connectivity index (χ0n) is 14.4. The fourth-order valence-corrected chi connectivity index (χ4v) is 3.41. The smallest absolute Gasteiger partial charge is 0.147 e. The molecule has 0 radical (unpaired) electrons. The molecule has 5 heteroatoms. The molecule has 1 aromatic heterocycles. The van der Waals surface area contributed by atoms with Gasteiger partial charge in [0.1, 0.15) is 5.82 Å². The summed E-state index contributed by atoms with van der Waals surface area (Å²) in [6, 6.07) is 9.61. The minimum absolute atomic E-state index is 0.428. The third-order valence-corrected chi connectivity index (χ3v) is 4.79. The molecule has 0 atom stereocenters. The van der Waals surface area contributed by atoms with Gasteiger partial charge < -0.3 is 0 Å². The van der Waals surface area contributed by atoms with E-state index in [0.717, 1.165) is 18.1 Å². The zero-order valence-corrected chi connectivity index (χ0v) is 15.1. The summed E-state index contributed by atoms with van der Waals surface area (Å²) in [5.41, 5.74) is 3.44. The Kier molecular flexibility index (Phi) is 5.39. The Morgan fingerprint density at radius 1 is 1.25 bits per heavy atom. The molecule has 0 saturated carbocycles. The first-order valence-electron chi connectivity index (χ1n) is 8.56. The maximum atomic E-state index is 6.27. The van der Waals surface area contributed by atoms with E-state index in [1.54, 1.807) is 5.01 Å². The first kappa shape index (κ1) is 17.2. The van der Waals surface area contributed by atoms with Crippen molar-refractivity contribution in [3.63, 3.8) is 0 Å². The summed E-state index contributed by atoms with van der Waals surface area (Å²) >= 11 is 6.07. The van der Waals surface area contributed by atoms with Gasteiger partial charge in [0.05, 0.1) is 5.69 Å². The number of anilines is 2. The Bertz CT molecular complexity index is 696. The van der Waals surface area contributed by atoms with Gasteiger partial charge in [-0.3, -0.25) is 9.91 Å². The monoisotopic (exact) mass is 344 g/mol. The molecule has 3 rings (SSSR count). The molecule has 1 saturated heterocycles. The first-order valence-corrected chi connectivity index (χ1v) is 8.94. The second-order valence-corrected chi connectivity index (χ2v) is 7.17. The van der Waals surface area contributed by atoms with Gasteiger partial charge in [0.2, 0.25) is 0 Å². The van der Waals surface area contributed by atoms with Crippen LogP contribution in [0.3, 0.4) is 0 Å². The Morgan fingerprint density at radius 3 is 2.67 bits per heavy atom. The van der Waals surface area contributed by atoms with E-state index in [1.807, 2.05) is 30.5 Å². The van der Waals surface area contributed by atoms with Crippen molar-refractivity contribution in [2.24, 2.45) is 5.84 Å². The third-order valence-electron chi connectivity index (χ3n) is 4.56. The van der Waals surface area contributed by atoms with E-state index in [1.165, 1.54) is 37.1 Å². The molecule has 0 amide bonds. The molecular formula is C19H25ClN4. The third kappa shape index (κ3) is 3.89. The summed E-state index contributed by atoms with van der Waals surface area (Å²) in [4.78, 5) is 7.10. The van der Waals surface area contributed by atoms with Gasteiger partial charge in [-0.1, -0.05) is 31.5 Å². The van der Waals surface area contributed by atoms with Crippen LogP contribution in [0.2, 0.25) is 5.02 Å². The standard InChI is InChI=1S/C19H25ClN4/c1-14(2)18-11-19(24(21)17-7-5-6-16(20)10-17)22-12-15(18)13-23-8-3-4-9-23/h5-7,10-12,14H,3-4,8-9,13,21H2,1-2H3. The van der Waals surface area contributed by atoms with E-state index in [9.17, 15) is 0 Å². The van der Waals surface area contributed by atoms with Gasteiger partial charge in [-0.2, -0.15) is 0 Å². The Morgan fingerprint density at radius 2 is 2.00 bits per heavy atom. The lowest BCUT2D eigenvalue weighted by atomic mass is 9.98. The highest BCUT2D eigenvalue weighted by Crippen LogP contribution is 2.28. The highest BCUT2D eigenvalue weighted by atomic mass is 35.5. The van der Waals surface area contributed by atoms with Crippen molar-refractivity contribution in [1.82, 2.24) is 9.88 Å². The molecule has 128 valence electrons. The maximum absolute atomic E-state index is 6.27. The first-order chi connectivity index (χ1) is 11.5. The van der Waals surface area contributed by atoms with Crippen LogP contribution >= 0.6 is 11.6 Å². The number of nitrogens with two attached hydrogens (primary N) is 1. The van der Waals surface area contributed by atoms with Crippen molar-refractivity contribution in [3.05, 3.63) is 52.7 Å². The quantitative estimate of drug-likeness (QED) is 0.642. The molecule has 1 aliphatic rings. The largest absolute Gasteiger partial charge is 0.299 e. The van der Waals surface area contributed by atoms with Crippen LogP contribution in [0.5, 0.6) is 0 Å². The van der Waals surface area contributed by atoms with Gasteiger partial charge in [-0.15, -0.1) is 0 Å². The lowest BCUT2D eigenvalue weighted by molar-refractivity contribution is 0.329. The van der Waals surface area contributed by atoms with E-state index >= 15 is 0 Å². The Labute approximate surface area is 149 Å². The van der Waals surface area contributed by atoms with Crippen LogP contribution in [0.15, 0.2) is 36.5 Å². The van der Waals surface area contributed by atoms with Crippen molar-refractivity contribution in [2.45, 2.75) is 39.2 Å². The maximum Gasteiger partial charge on any atom is 0.147 e. The number of hydrogen-bond donors (Lipinski definition) is 1. The number of likely N-dealkylation sites (tertiary alicyclic amines) is 1. The highest BCUT2D eigenvalue weighted by Gasteiger charge is 2.17. The molecule has 2 N–H and O–H groups in total. The van der Waals surface area contributed by atoms with Crippen molar-refractivity contribution in [1.29, 1.82) is 0 Å². The lowest BCUT2D eigenvalue weighted by Gasteiger charge is -2.23. The number of benzene rings is 1. The van der Waals surface area contributed by atoms with Crippen LogP contribution in [0.1, 0.15) is 43.7 Å². The van der Waals surface area contributed by atoms with Crippen LogP contribution < -0.4 is 10.9 Å². The fourth-order valence-electron chi connectivity index (χ4n) is 3.23. The summed E-state index contributed by atoms with van der Waals surface area (Å²) in [7, 11) is 0. The highest BCUT2D eigenvalue weighted by molar-refractivity contribution is 6.30. The predicted molar refractivity (Wildman–Crippen MR) is 101 cm³/mol. The van der Waals surface area contributed by atoms with Crippen molar-refractivity contribution in [2.75, 3.05) is 18.1 Å². The SMILES string of the molecule is CC(C)c1cc(N(N)c2cccc(Cl)c2)ncc1CN1CCCC1. The van der Waals surface area contributed by atoms with Crippen molar-refractivity contribution < 1.29 is 0 Å². The van der Waals surface area contributed by atoms with E-state index in [2.05, 4.69) is 29.8 Å². The van der Waals surface area contributed by atoms with Crippen LogP contribution in [0.25, 0.3) is 0 Å². The molecule has 4 nitrogen and oxygen atoms in total. The molecule has 0 spiro atoms. The normalized spacial score (nSPS) is 15.2. The molecule has 1 fully saturated rings. The number of rotatable bonds is 5. The van der Waals surface area contributed by atoms with Crippen molar-refractivity contribution >= 4 is 23.1 Å². The number of aromatic nitrogens is 1. The van der Waals surface area contributed by atoms with E-state index in [4.69, 9.17) is 17.4 Å². The molecule has 0 unspecified atom stereocenters. The van der Waals surface area contributed by atoms with Gasteiger partial charge in [0, 0.05) is 17.8 Å². The number of pyridine rings is 1. The topological polar surface area (TPSA) is 45.4 Å². The average Bonchev–Trinajstić information content (AvgIpc) is 3.07.